The molecule has 0 saturated carbocycles. The van der Waals surface area contributed by atoms with E-state index in [4.69, 9.17) is 0 Å². The van der Waals surface area contributed by atoms with Crippen LogP contribution in [0.2, 0.25) is 0 Å². The number of hydrogen-bond donors (Lipinski definition) is 0. The Labute approximate surface area is 82.8 Å². The molecule has 0 aliphatic heterocycles. The second-order valence-electron chi connectivity index (χ2n) is 3.07. The molecule has 0 unspecified atom stereocenters. The Bertz CT molecular complexity index is 271. The molecule has 0 fully saturated rings. The highest BCUT2D eigenvalue weighted by atomic mass is 19.3. The van der Waals surface area contributed by atoms with Crippen LogP contribution in [0.25, 0.3) is 0 Å². The molecule has 0 radical (unpaired) electrons. The lowest BCUT2D eigenvalue weighted by atomic mass is 10.1. The molecule has 0 aromatic rings. The molecule has 78 valence electrons. The van der Waals surface area contributed by atoms with E-state index in [0.29, 0.717) is 18.4 Å². The zero-order valence-electron chi connectivity index (χ0n) is 8.39. The fourth-order valence-corrected chi connectivity index (χ4v) is 0.864. The standard InChI is InChI=1S/C11H14F2O/c1-9(6-7-11(12)13)4-3-5-10(2)8-14/h5-8H,3-4H2,1-2H3. The van der Waals surface area contributed by atoms with E-state index >= 15 is 0 Å². The molecule has 0 N–H and O–H groups in total. The Morgan fingerprint density at radius 1 is 1.21 bits per heavy atom. The third-order valence-electron chi connectivity index (χ3n) is 1.68. The minimum atomic E-state index is -1.69. The highest BCUT2D eigenvalue weighted by Crippen LogP contribution is 2.07. The van der Waals surface area contributed by atoms with Gasteiger partial charge in [-0.25, -0.2) is 0 Å². The maximum absolute atomic E-state index is 11.7. The molecular formula is C11H14F2O. The van der Waals surface area contributed by atoms with Gasteiger partial charge in [-0.2, -0.15) is 8.78 Å². The van der Waals surface area contributed by atoms with Crippen LogP contribution in [-0.2, 0) is 4.79 Å². The van der Waals surface area contributed by atoms with Crippen LogP contribution in [0.4, 0.5) is 8.78 Å². The molecule has 0 aromatic heterocycles. The highest BCUT2D eigenvalue weighted by molar-refractivity contribution is 5.71. The third kappa shape index (κ3) is 7.40. The molecule has 0 aromatic carbocycles. The van der Waals surface area contributed by atoms with E-state index in [1.807, 2.05) is 0 Å². The first-order chi connectivity index (χ1) is 6.56. The van der Waals surface area contributed by atoms with Crippen LogP contribution in [0.1, 0.15) is 26.7 Å². The van der Waals surface area contributed by atoms with Crippen molar-refractivity contribution in [3.8, 4) is 0 Å². The normalized spacial score (nSPS) is 12.6. The fraction of sp³-hybridized carbons (Fsp3) is 0.364. The second-order valence-corrected chi connectivity index (χ2v) is 3.07. The Morgan fingerprint density at radius 2 is 1.86 bits per heavy atom. The molecule has 0 amide bonds. The second kappa shape index (κ2) is 7.18. The summed E-state index contributed by atoms with van der Waals surface area (Å²) in [4.78, 5) is 10.2. The van der Waals surface area contributed by atoms with E-state index in [-0.39, 0.29) is 0 Å². The smallest absolute Gasteiger partial charge is 0.270 e. The molecule has 14 heavy (non-hydrogen) atoms. The van der Waals surface area contributed by atoms with Crippen LogP contribution in [0, 0.1) is 0 Å². The summed E-state index contributed by atoms with van der Waals surface area (Å²) in [6.07, 6.45) is 4.44. The number of carbonyl (C=O) groups excluding carboxylic acids is 1. The Hall–Kier alpha value is -1.25. The number of allylic oxidation sites excluding steroid dienone is 5. The number of carbonyl (C=O) groups is 1. The number of rotatable bonds is 5. The molecule has 0 bridgehead atoms. The third-order valence-corrected chi connectivity index (χ3v) is 1.68. The predicted molar refractivity (Wildman–Crippen MR) is 53.1 cm³/mol. The maximum Gasteiger partial charge on any atom is 0.270 e. The molecule has 1 nitrogen and oxygen atoms in total. The summed E-state index contributed by atoms with van der Waals surface area (Å²) < 4.78 is 23.3. The van der Waals surface area contributed by atoms with Gasteiger partial charge in [-0.05, 0) is 32.3 Å². The van der Waals surface area contributed by atoms with Crippen LogP contribution in [0.15, 0.2) is 35.5 Å². The first-order valence-electron chi connectivity index (χ1n) is 4.36. The summed E-state index contributed by atoms with van der Waals surface area (Å²) in [7, 11) is 0. The Balaban J connectivity index is 3.97. The van der Waals surface area contributed by atoms with Crippen molar-refractivity contribution in [2.24, 2.45) is 0 Å². The van der Waals surface area contributed by atoms with Crippen LogP contribution >= 0.6 is 0 Å². The Morgan fingerprint density at radius 3 is 2.36 bits per heavy atom. The molecule has 0 heterocycles. The van der Waals surface area contributed by atoms with Crippen molar-refractivity contribution < 1.29 is 13.6 Å². The van der Waals surface area contributed by atoms with E-state index in [1.54, 1.807) is 19.9 Å². The van der Waals surface area contributed by atoms with Gasteiger partial charge in [0.15, 0.2) is 0 Å². The summed E-state index contributed by atoms with van der Waals surface area (Å²) in [6, 6.07) is 0. The largest absolute Gasteiger partial charge is 0.298 e. The van der Waals surface area contributed by atoms with Gasteiger partial charge >= 0.3 is 0 Å². The summed E-state index contributed by atoms with van der Waals surface area (Å²) >= 11 is 0. The average molecular weight is 200 g/mol. The van der Waals surface area contributed by atoms with E-state index < -0.39 is 6.08 Å². The predicted octanol–water partition coefficient (Wildman–Crippen LogP) is 3.64. The Kier molecular flexibility index (Phi) is 6.54. The van der Waals surface area contributed by atoms with E-state index in [1.165, 1.54) is 6.08 Å². The van der Waals surface area contributed by atoms with Crippen molar-refractivity contribution in [1.82, 2.24) is 0 Å². The number of hydrogen-bond acceptors (Lipinski definition) is 1. The molecule has 0 saturated heterocycles. The van der Waals surface area contributed by atoms with Gasteiger partial charge in [-0.1, -0.05) is 17.7 Å². The van der Waals surface area contributed by atoms with Gasteiger partial charge in [-0.3, -0.25) is 4.79 Å². The molecule has 0 aliphatic carbocycles. The summed E-state index contributed by atoms with van der Waals surface area (Å²) in [5.41, 5.74) is 1.54. The van der Waals surface area contributed by atoms with Gasteiger partial charge in [0, 0.05) is 6.08 Å². The number of halogens is 2. The highest BCUT2D eigenvalue weighted by Gasteiger charge is 1.90. The van der Waals surface area contributed by atoms with Gasteiger partial charge < -0.3 is 0 Å². The monoisotopic (exact) mass is 200 g/mol. The van der Waals surface area contributed by atoms with E-state index in [9.17, 15) is 13.6 Å². The number of aldehydes is 1. The van der Waals surface area contributed by atoms with Crippen molar-refractivity contribution in [1.29, 1.82) is 0 Å². The van der Waals surface area contributed by atoms with Crippen LogP contribution in [0.5, 0.6) is 0 Å². The molecule has 0 rings (SSSR count). The van der Waals surface area contributed by atoms with Gasteiger partial charge in [0.2, 0.25) is 0 Å². The molecular weight excluding hydrogens is 186 g/mol. The van der Waals surface area contributed by atoms with Gasteiger partial charge in [-0.15, -0.1) is 0 Å². The SMILES string of the molecule is CC(C=O)=CCCC(C)=CC=C(F)F. The van der Waals surface area contributed by atoms with Gasteiger partial charge in [0.05, 0.1) is 0 Å². The van der Waals surface area contributed by atoms with Gasteiger partial charge in [0.25, 0.3) is 6.08 Å². The molecule has 0 atom stereocenters. The van der Waals surface area contributed by atoms with Gasteiger partial charge in [0.1, 0.15) is 6.29 Å². The van der Waals surface area contributed by atoms with Crippen molar-refractivity contribution in [3.05, 3.63) is 35.5 Å². The summed E-state index contributed by atoms with van der Waals surface area (Å²) in [5.74, 6) is 0. The minimum absolute atomic E-state index is 0.671. The van der Waals surface area contributed by atoms with Crippen molar-refractivity contribution in [2.45, 2.75) is 26.7 Å². The summed E-state index contributed by atoms with van der Waals surface area (Å²) in [6.45, 7) is 3.50. The molecule has 3 heteroatoms. The fourth-order valence-electron chi connectivity index (χ4n) is 0.864. The zero-order valence-corrected chi connectivity index (χ0v) is 8.39. The lowest BCUT2D eigenvalue weighted by molar-refractivity contribution is -0.104. The lowest BCUT2D eigenvalue weighted by Gasteiger charge is -1.95. The van der Waals surface area contributed by atoms with Crippen molar-refractivity contribution in [2.75, 3.05) is 0 Å². The topological polar surface area (TPSA) is 17.1 Å². The van der Waals surface area contributed by atoms with E-state index in [2.05, 4.69) is 0 Å². The minimum Gasteiger partial charge on any atom is -0.298 e. The maximum atomic E-state index is 11.7. The van der Waals surface area contributed by atoms with Crippen molar-refractivity contribution >= 4 is 6.29 Å². The molecule has 0 spiro atoms. The lowest BCUT2D eigenvalue weighted by Crippen LogP contribution is -1.79. The van der Waals surface area contributed by atoms with Crippen LogP contribution < -0.4 is 0 Å². The average Bonchev–Trinajstić information content (AvgIpc) is 2.14. The summed E-state index contributed by atoms with van der Waals surface area (Å²) in [5, 5.41) is 0. The van der Waals surface area contributed by atoms with Crippen LogP contribution in [0.3, 0.4) is 0 Å². The quantitative estimate of drug-likeness (QED) is 0.376. The first kappa shape index (κ1) is 12.8. The van der Waals surface area contributed by atoms with Crippen LogP contribution in [-0.4, -0.2) is 6.29 Å². The molecule has 0 aliphatic rings. The zero-order chi connectivity index (χ0) is 11.0. The van der Waals surface area contributed by atoms with Crippen molar-refractivity contribution in [3.63, 3.8) is 0 Å². The first-order valence-corrected chi connectivity index (χ1v) is 4.36. The van der Waals surface area contributed by atoms with E-state index in [0.717, 1.165) is 17.9 Å².